The summed E-state index contributed by atoms with van der Waals surface area (Å²) >= 11 is 0. The van der Waals surface area contributed by atoms with Gasteiger partial charge in [-0.05, 0) is 18.2 Å². The summed E-state index contributed by atoms with van der Waals surface area (Å²) in [5.74, 6) is -2.15. The summed E-state index contributed by atoms with van der Waals surface area (Å²) in [6, 6.07) is 9.93. The minimum Gasteiger partial charge on any atom is -0.494 e. The fourth-order valence-corrected chi connectivity index (χ4v) is 3.85. The van der Waals surface area contributed by atoms with Crippen LogP contribution >= 0.6 is 0 Å². The molecule has 2 saturated heterocycles. The molecule has 0 bridgehead atoms. The smallest absolute Gasteiger partial charge is 0.316 e. The Kier molecular flexibility index (Phi) is 5.78. The van der Waals surface area contributed by atoms with Gasteiger partial charge in [-0.15, -0.1) is 0 Å². The Hall–Kier alpha value is -4.28. The van der Waals surface area contributed by atoms with Crippen molar-refractivity contribution in [2.24, 2.45) is 5.92 Å². The molecule has 4 rings (SSSR count). The molecular formula is C22H19N3O8. The van der Waals surface area contributed by atoms with Crippen molar-refractivity contribution in [2.75, 3.05) is 23.5 Å². The topological polar surface area (TPSA) is 136 Å². The summed E-state index contributed by atoms with van der Waals surface area (Å²) in [5.41, 5.74) is 0.442. The third-order valence-electron chi connectivity index (χ3n) is 5.47. The van der Waals surface area contributed by atoms with E-state index in [-0.39, 0.29) is 60.7 Å². The molecule has 2 aromatic rings. The first-order chi connectivity index (χ1) is 15.8. The first kappa shape index (κ1) is 21.9. The van der Waals surface area contributed by atoms with Crippen LogP contribution in [0.15, 0.2) is 42.5 Å². The molecule has 11 nitrogen and oxygen atoms in total. The molecule has 2 heterocycles. The molecule has 3 amide bonds. The second kappa shape index (κ2) is 8.69. The number of benzene rings is 2. The Morgan fingerprint density at radius 2 is 1.79 bits per heavy atom. The molecule has 170 valence electrons. The number of anilines is 2. The second-order valence-electron chi connectivity index (χ2n) is 7.56. The minimum absolute atomic E-state index is 0.00856. The molecule has 2 aliphatic heterocycles. The van der Waals surface area contributed by atoms with Crippen LogP contribution in [0.4, 0.5) is 17.1 Å². The van der Waals surface area contributed by atoms with Crippen LogP contribution in [-0.4, -0.2) is 42.3 Å². The van der Waals surface area contributed by atoms with Crippen LogP contribution < -0.4 is 19.3 Å². The Morgan fingerprint density at radius 3 is 2.45 bits per heavy atom. The number of rotatable bonds is 6. The van der Waals surface area contributed by atoms with Crippen molar-refractivity contribution in [3.63, 3.8) is 0 Å². The number of esters is 1. The maximum atomic E-state index is 12.7. The van der Waals surface area contributed by atoms with Gasteiger partial charge in [0.2, 0.25) is 17.7 Å². The van der Waals surface area contributed by atoms with Gasteiger partial charge in [0.25, 0.3) is 5.69 Å². The van der Waals surface area contributed by atoms with E-state index in [0.29, 0.717) is 11.4 Å². The summed E-state index contributed by atoms with van der Waals surface area (Å²) < 4.78 is 10.6. The maximum Gasteiger partial charge on any atom is 0.316 e. The van der Waals surface area contributed by atoms with Crippen molar-refractivity contribution in [3.8, 4) is 11.5 Å². The molecule has 0 aliphatic carbocycles. The van der Waals surface area contributed by atoms with E-state index < -0.39 is 16.8 Å². The van der Waals surface area contributed by atoms with Crippen LogP contribution in [0.3, 0.4) is 0 Å². The zero-order valence-electron chi connectivity index (χ0n) is 17.6. The highest BCUT2D eigenvalue weighted by molar-refractivity contribution is 6.19. The van der Waals surface area contributed by atoms with Crippen molar-refractivity contribution in [1.82, 2.24) is 0 Å². The second-order valence-corrected chi connectivity index (χ2v) is 7.56. The lowest BCUT2D eigenvalue weighted by Gasteiger charge is -2.19. The molecule has 33 heavy (non-hydrogen) atoms. The Balaban J connectivity index is 1.48. The van der Waals surface area contributed by atoms with E-state index in [1.165, 1.54) is 42.3 Å². The number of ether oxygens (including phenoxy) is 2. The Labute approximate surface area is 187 Å². The minimum atomic E-state index is -0.781. The van der Waals surface area contributed by atoms with Crippen molar-refractivity contribution in [2.45, 2.75) is 19.3 Å². The molecule has 2 aromatic carbocycles. The zero-order valence-corrected chi connectivity index (χ0v) is 17.6. The number of nitrogens with zero attached hydrogens (tertiary/aromatic N) is 3. The fourth-order valence-electron chi connectivity index (χ4n) is 3.85. The number of carbonyl (C=O) groups excluding carboxylic acids is 4. The highest BCUT2D eigenvalue weighted by Gasteiger charge is 2.38. The fraction of sp³-hybridized carbons (Fsp3) is 0.273. The van der Waals surface area contributed by atoms with Crippen LogP contribution in [-0.2, 0) is 19.2 Å². The third kappa shape index (κ3) is 4.25. The van der Waals surface area contributed by atoms with Crippen molar-refractivity contribution >= 4 is 40.8 Å². The van der Waals surface area contributed by atoms with E-state index in [9.17, 15) is 29.3 Å². The Morgan fingerprint density at radius 1 is 1.06 bits per heavy atom. The average Bonchev–Trinajstić information content (AvgIpc) is 3.35. The number of hydrogen-bond acceptors (Lipinski definition) is 8. The molecule has 0 saturated carbocycles. The predicted molar refractivity (Wildman–Crippen MR) is 114 cm³/mol. The standard InChI is InChI=1S/C22H19N3O8/c1-32-18-11-15(25(30)31)5-6-17(18)23-12-13(9-21(23)28)22(29)33-16-4-2-3-14(10-16)24-19(26)7-8-20(24)27/h2-6,10-11,13H,7-9,12H2,1H3/t13-/m0/s1. The lowest BCUT2D eigenvalue weighted by Crippen LogP contribution is -2.29. The molecule has 0 spiro atoms. The number of imide groups is 1. The van der Waals surface area contributed by atoms with E-state index in [4.69, 9.17) is 9.47 Å². The lowest BCUT2D eigenvalue weighted by molar-refractivity contribution is -0.384. The van der Waals surface area contributed by atoms with Gasteiger partial charge in [-0.1, -0.05) is 6.07 Å². The van der Waals surface area contributed by atoms with Gasteiger partial charge in [0.05, 0.1) is 35.4 Å². The Bertz CT molecular complexity index is 1160. The van der Waals surface area contributed by atoms with Crippen LogP contribution in [0.5, 0.6) is 11.5 Å². The molecule has 0 aromatic heterocycles. The average molecular weight is 453 g/mol. The number of methoxy groups -OCH3 is 1. The zero-order chi connectivity index (χ0) is 23.7. The molecule has 0 radical (unpaired) electrons. The summed E-state index contributed by atoms with van der Waals surface area (Å²) in [7, 11) is 1.33. The lowest BCUT2D eigenvalue weighted by atomic mass is 10.1. The van der Waals surface area contributed by atoms with Gasteiger partial charge >= 0.3 is 5.97 Å². The van der Waals surface area contributed by atoms with Crippen molar-refractivity contribution in [1.29, 1.82) is 0 Å². The van der Waals surface area contributed by atoms with Crippen LogP contribution in [0.1, 0.15) is 19.3 Å². The molecule has 0 N–H and O–H groups in total. The quantitative estimate of drug-likeness (QED) is 0.213. The van der Waals surface area contributed by atoms with Gasteiger partial charge < -0.3 is 14.4 Å². The monoisotopic (exact) mass is 453 g/mol. The van der Waals surface area contributed by atoms with Gasteiger partial charge in [0.1, 0.15) is 11.5 Å². The summed E-state index contributed by atoms with van der Waals surface area (Å²) in [6.07, 6.45) is 0.158. The van der Waals surface area contributed by atoms with E-state index >= 15 is 0 Å². The van der Waals surface area contributed by atoms with Crippen molar-refractivity contribution < 1.29 is 33.6 Å². The SMILES string of the molecule is COc1cc([N+](=O)[O-])ccc1N1C[C@@H](C(=O)Oc2cccc(N3C(=O)CCC3=O)c2)CC1=O. The van der Waals surface area contributed by atoms with Gasteiger partial charge in [0.15, 0.2) is 0 Å². The largest absolute Gasteiger partial charge is 0.494 e. The normalized spacial score (nSPS) is 18.1. The molecule has 11 heteroatoms. The van der Waals surface area contributed by atoms with Crippen LogP contribution in [0, 0.1) is 16.0 Å². The van der Waals surface area contributed by atoms with E-state index in [2.05, 4.69) is 0 Å². The van der Waals surface area contributed by atoms with Crippen molar-refractivity contribution in [3.05, 3.63) is 52.6 Å². The van der Waals surface area contributed by atoms with Gasteiger partial charge in [0, 0.05) is 37.9 Å². The maximum absolute atomic E-state index is 12.7. The van der Waals surface area contributed by atoms with Crippen LogP contribution in [0.25, 0.3) is 0 Å². The summed E-state index contributed by atoms with van der Waals surface area (Å²) in [5, 5.41) is 11.0. The predicted octanol–water partition coefficient (Wildman–Crippen LogP) is 2.22. The summed E-state index contributed by atoms with van der Waals surface area (Å²) in [4.78, 5) is 62.0. The highest BCUT2D eigenvalue weighted by Crippen LogP contribution is 2.36. The van der Waals surface area contributed by atoms with E-state index in [0.717, 1.165) is 4.90 Å². The molecule has 2 fully saturated rings. The third-order valence-corrected chi connectivity index (χ3v) is 5.47. The molecular weight excluding hydrogens is 434 g/mol. The first-order valence-corrected chi connectivity index (χ1v) is 10.1. The number of carbonyl (C=O) groups is 4. The van der Waals surface area contributed by atoms with E-state index in [1.807, 2.05) is 0 Å². The molecule has 1 atom stereocenters. The van der Waals surface area contributed by atoms with Gasteiger partial charge in [-0.25, -0.2) is 0 Å². The highest BCUT2D eigenvalue weighted by atomic mass is 16.6. The number of nitro benzene ring substituents is 1. The molecule has 2 aliphatic rings. The summed E-state index contributed by atoms with van der Waals surface area (Å²) in [6.45, 7) is 0.00856. The number of nitro groups is 1. The van der Waals surface area contributed by atoms with E-state index in [1.54, 1.807) is 12.1 Å². The number of hydrogen-bond donors (Lipinski definition) is 0. The van der Waals surface area contributed by atoms with Gasteiger partial charge in [-0.3, -0.25) is 34.2 Å². The first-order valence-electron chi connectivity index (χ1n) is 10.1. The number of non-ortho nitro benzene ring substituents is 1. The van der Waals surface area contributed by atoms with Gasteiger partial charge in [-0.2, -0.15) is 0 Å². The molecule has 0 unspecified atom stereocenters. The number of amides is 3. The van der Waals surface area contributed by atoms with Crippen LogP contribution in [0.2, 0.25) is 0 Å².